The van der Waals surface area contributed by atoms with E-state index in [4.69, 9.17) is 5.11 Å². The maximum atomic E-state index is 12.2. The van der Waals surface area contributed by atoms with Gasteiger partial charge in [0, 0.05) is 36.2 Å². The Labute approximate surface area is 130 Å². The van der Waals surface area contributed by atoms with Gasteiger partial charge in [-0.2, -0.15) is 11.8 Å². The Morgan fingerprint density at radius 3 is 2.71 bits per heavy atom. The van der Waals surface area contributed by atoms with Crippen LogP contribution in [0.2, 0.25) is 0 Å². The molecule has 21 heavy (non-hydrogen) atoms. The molecule has 2 rings (SSSR count). The van der Waals surface area contributed by atoms with Crippen molar-refractivity contribution in [3.05, 3.63) is 0 Å². The number of aliphatic carboxylic acids is 1. The lowest BCUT2D eigenvalue weighted by molar-refractivity contribution is -0.139. The number of rotatable bonds is 5. The molecule has 1 saturated carbocycles. The molecular formula is C14H25N3O3S. The molecule has 2 fully saturated rings. The highest BCUT2D eigenvalue weighted by Crippen LogP contribution is 2.26. The van der Waals surface area contributed by atoms with Crippen molar-refractivity contribution in [3.8, 4) is 0 Å². The van der Waals surface area contributed by atoms with Crippen LogP contribution in [-0.4, -0.2) is 76.2 Å². The van der Waals surface area contributed by atoms with Gasteiger partial charge in [-0.15, -0.1) is 0 Å². The lowest BCUT2D eigenvalue weighted by Crippen LogP contribution is -2.58. The number of carboxylic acids is 1. The zero-order chi connectivity index (χ0) is 15.4. The predicted octanol–water partition coefficient (Wildman–Crippen LogP) is 1.07. The van der Waals surface area contributed by atoms with E-state index < -0.39 is 5.97 Å². The standard InChI is InChI=1S/C14H25N3O3S/c1-3-16(8-13(18)19)12-6-11(7-12)15-14(20)17-4-5-21-9-10(17)2/h10-12H,3-9H2,1-2H3,(H,15,20)(H,18,19). The highest BCUT2D eigenvalue weighted by molar-refractivity contribution is 7.99. The van der Waals surface area contributed by atoms with Gasteiger partial charge in [0.25, 0.3) is 0 Å². The Hall–Kier alpha value is -0.950. The van der Waals surface area contributed by atoms with Crippen molar-refractivity contribution >= 4 is 23.8 Å². The second-order valence-electron chi connectivity index (χ2n) is 5.85. The Morgan fingerprint density at radius 2 is 2.14 bits per heavy atom. The zero-order valence-electron chi connectivity index (χ0n) is 12.7. The van der Waals surface area contributed by atoms with Crippen LogP contribution in [0, 0.1) is 0 Å². The van der Waals surface area contributed by atoms with Gasteiger partial charge in [-0.25, -0.2) is 4.79 Å². The molecule has 1 atom stereocenters. The third-order valence-electron chi connectivity index (χ3n) is 4.33. The predicted molar refractivity (Wildman–Crippen MR) is 83.7 cm³/mol. The van der Waals surface area contributed by atoms with Gasteiger partial charge in [0.1, 0.15) is 0 Å². The van der Waals surface area contributed by atoms with Crippen molar-refractivity contribution in [2.75, 3.05) is 31.1 Å². The molecular weight excluding hydrogens is 290 g/mol. The fourth-order valence-corrected chi connectivity index (χ4v) is 3.98. The number of hydrogen-bond donors (Lipinski definition) is 2. The minimum atomic E-state index is -0.788. The molecule has 120 valence electrons. The van der Waals surface area contributed by atoms with Crippen LogP contribution < -0.4 is 5.32 Å². The van der Waals surface area contributed by atoms with E-state index in [1.807, 2.05) is 28.5 Å². The van der Waals surface area contributed by atoms with Gasteiger partial charge in [0.2, 0.25) is 0 Å². The Bertz CT molecular complexity index is 388. The van der Waals surface area contributed by atoms with Gasteiger partial charge < -0.3 is 15.3 Å². The van der Waals surface area contributed by atoms with Crippen molar-refractivity contribution in [1.29, 1.82) is 0 Å². The van der Waals surface area contributed by atoms with Gasteiger partial charge in [0.05, 0.1) is 6.54 Å². The maximum absolute atomic E-state index is 12.2. The molecule has 1 aliphatic heterocycles. The minimum Gasteiger partial charge on any atom is -0.480 e. The third-order valence-corrected chi connectivity index (χ3v) is 5.52. The number of likely N-dealkylation sites (N-methyl/N-ethyl adjacent to an activating group) is 1. The van der Waals surface area contributed by atoms with E-state index in [-0.39, 0.29) is 24.7 Å². The quantitative estimate of drug-likeness (QED) is 0.794. The van der Waals surface area contributed by atoms with E-state index in [0.717, 1.165) is 37.4 Å². The Kier molecular flexibility index (Phi) is 5.75. The highest BCUT2D eigenvalue weighted by atomic mass is 32.2. The number of nitrogens with zero attached hydrogens (tertiary/aromatic N) is 2. The zero-order valence-corrected chi connectivity index (χ0v) is 13.6. The summed E-state index contributed by atoms with van der Waals surface area (Å²) in [7, 11) is 0. The molecule has 1 saturated heterocycles. The molecule has 1 aliphatic carbocycles. The second kappa shape index (κ2) is 7.35. The number of amides is 2. The van der Waals surface area contributed by atoms with Gasteiger partial charge in [-0.1, -0.05) is 6.92 Å². The van der Waals surface area contributed by atoms with E-state index in [9.17, 15) is 9.59 Å². The molecule has 1 heterocycles. The molecule has 0 aromatic carbocycles. The van der Waals surface area contributed by atoms with Crippen molar-refractivity contribution in [1.82, 2.24) is 15.1 Å². The first-order valence-electron chi connectivity index (χ1n) is 7.62. The van der Waals surface area contributed by atoms with Crippen LogP contribution >= 0.6 is 11.8 Å². The first-order chi connectivity index (χ1) is 10.0. The number of carbonyl (C=O) groups excluding carboxylic acids is 1. The van der Waals surface area contributed by atoms with Crippen LogP contribution in [0.25, 0.3) is 0 Å². The van der Waals surface area contributed by atoms with Crippen molar-refractivity contribution in [3.63, 3.8) is 0 Å². The van der Waals surface area contributed by atoms with Gasteiger partial charge in [-0.3, -0.25) is 9.69 Å². The van der Waals surface area contributed by atoms with Gasteiger partial charge >= 0.3 is 12.0 Å². The summed E-state index contributed by atoms with van der Waals surface area (Å²) < 4.78 is 0. The van der Waals surface area contributed by atoms with Crippen molar-refractivity contribution in [2.45, 2.75) is 44.8 Å². The summed E-state index contributed by atoms with van der Waals surface area (Å²) >= 11 is 1.89. The SMILES string of the molecule is CCN(CC(=O)O)C1CC(NC(=O)N2CCSCC2C)C1. The number of urea groups is 1. The lowest BCUT2D eigenvalue weighted by Gasteiger charge is -2.43. The molecule has 0 aromatic rings. The molecule has 7 heteroatoms. The lowest BCUT2D eigenvalue weighted by atomic mass is 9.85. The van der Waals surface area contributed by atoms with E-state index in [2.05, 4.69) is 12.2 Å². The number of carboxylic acid groups (broad SMARTS) is 1. The Morgan fingerprint density at radius 1 is 1.43 bits per heavy atom. The maximum Gasteiger partial charge on any atom is 0.317 e. The van der Waals surface area contributed by atoms with E-state index >= 15 is 0 Å². The third kappa shape index (κ3) is 4.26. The molecule has 6 nitrogen and oxygen atoms in total. The molecule has 2 amide bonds. The molecule has 0 bridgehead atoms. The average molecular weight is 315 g/mol. The fraction of sp³-hybridized carbons (Fsp3) is 0.857. The molecule has 0 aromatic heterocycles. The van der Waals surface area contributed by atoms with Crippen molar-refractivity contribution in [2.24, 2.45) is 0 Å². The summed E-state index contributed by atoms with van der Waals surface area (Å²) in [4.78, 5) is 26.9. The van der Waals surface area contributed by atoms with Crippen LogP contribution in [-0.2, 0) is 4.79 Å². The first kappa shape index (κ1) is 16.4. The number of carbonyl (C=O) groups is 2. The van der Waals surface area contributed by atoms with E-state index in [1.165, 1.54) is 0 Å². The van der Waals surface area contributed by atoms with E-state index in [1.54, 1.807) is 0 Å². The van der Waals surface area contributed by atoms with E-state index in [0.29, 0.717) is 6.04 Å². The van der Waals surface area contributed by atoms with Crippen LogP contribution in [0.15, 0.2) is 0 Å². The molecule has 2 N–H and O–H groups in total. The molecule has 0 spiro atoms. The summed E-state index contributed by atoms with van der Waals surface area (Å²) in [6, 6.07) is 0.796. The smallest absolute Gasteiger partial charge is 0.317 e. The normalized spacial score (nSPS) is 29.1. The topological polar surface area (TPSA) is 72.9 Å². The molecule has 1 unspecified atom stereocenters. The highest BCUT2D eigenvalue weighted by Gasteiger charge is 2.36. The van der Waals surface area contributed by atoms with Crippen LogP contribution in [0.1, 0.15) is 26.7 Å². The fourth-order valence-electron chi connectivity index (χ4n) is 2.96. The number of hydrogen-bond acceptors (Lipinski definition) is 4. The van der Waals surface area contributed by atoms with Crippen molar-refractivity contribution < 1.29 is 14.7 Å². The Balaban J connectivity index is 1.74. The van der Waals surface area contributed by atoms with Crippen LogP contribution in [0.5, 0.6) is 0 Å². The summed E-state index contributed by atoms with van der Waals surface area (Å²) in [5, 5.41) is 12.0. The van der Waals surface area contributed by atoms with Crippen LogP contribution in [0.4, 0.5) is 4.79 Å². The summed E-state index contributed by atoms with van der Waals surface area (Å²) in [6.45, 7) is 5.69. The molecule has 0 radical (unpaired) electrons. The first-order valence-corrected chi connectivity index (χ1v) is 8.77. The summed E-state index contributed by atoms with van der Waals surface area (Å²) in [5.74, 6) is 1.22. The number of thioether (sulfide) groups is 1. The second-order valence-corrected chi connectivity index (χ2v) is 7.00. The molecule has 2 aliphatic rings. The minimum absolute atomic E-state index is 0.0348. The number of nitrogens with one attached hydrogen (secondary N) is 1. The summed E-state index contributed by atoms with van der Waals surface area (Å²) in [5.41, 5.74) is 0. The average Bonchev–Trinajstić information content (AvgIpc) is 2.40. The van der Waals surface area contributed by atoms with Gasteiger partial charge in [0.15, 0.2) is 0 Å². The monoisotopic (exact) mass is 315 g/mol. The van der Waals surface area contributed by atoms with Crippen LogP contribution in [0.3, 0.4) is 0 Å². The largest absolute Gasteiger partial charge is 0.480 e. The summed E-state index contributed by atoms with van der Waals surface area (Å²) in [6.07, 6.45) is 1.70. The van der Waals surface area contributed by atoms with Gasteiger partial charge in [-0.05, 0) is 26.3 Å².